The summed E-state index contributed by atoms with van der Waals surface area (Å²) in [7, 11) is 0. The largest absolute Gasteiger partial charge is 0.311 e. The summed E-state index contributed by atoms with van der Waals surface area (Å²) < 4.78 is 2.62. The van der Waals surface area contributed by atoms with E-state index in [-0.39, 0.29) is 0 Å². The molecule has 0 bridgehead atoms. The minimum Gasteiger partial charge on any atom is -0.311 e. The molecule has 1 heterocycles. The van der Waals surface area contributed by atoms with Crippen molar-refractivity contribution in [2.24, 2.45) is 0 Å². The molecular formula is C79H52N2S. The van der Waals surface area contributed by atoms with E-state index >= 15 is 0 Å². The number of anilines is 6. The molecule has 16 rings (SSSR count). The van der Waals surface area contributed by atoms with E-state index in [1.165, 1.54) is 109 Å². The number of para-hydroxylation sites is 4. The van der Waals surface area contributed by atoms with Crippen LogP contribution in [0.3, 0.4) is 0 Å². The molecule has 14 aromatic rings. The first-order valence-electron chi connectivity index (χ1n) is 28.2. The van der Waals surface area contributed by atoms with Crippen molar-refractivity contribution in [1.29, 1.82) is 0 Å². The maximum Gasteiger partial charge on any atom is 0.0726 e. The molecule has 2 nitrogen and oxygen atoms in total. The number of fused-ring (bicyclic) bond motifs is 13. The average molecular weight is 1060 g/mol. The molecule has 384 valence electrons. The standard InChI is InChI=1S/C79H52N2S/c1-6-21-53(22-7-1)55-42-47-71-69(50-55)78-66(58-23-18-32-64(49-58)81(61-28-12-4-13-29-61)62-30-14-5-15-31-62)35-20-37-74(78)79(71)72-48-43-56(57-41-46-68-67-33-16-17-38-75(67)82-76(68)52-57)51-70(72)77-65(34-19-36-73(77)79)54-39-44-63(45-40-54)80(59-24-8-2-9-25-59)60-26-10-3-11-27-60/h1-52H. The van der Waals surface area contributed by atoms with Crippen molar-refractivity contribution in [3.05, 3.63) is 338 Å². The molecule has 0 N–H and O–H groups in total. The lowest BCUT2D eigenvalue weighted by atomic mass is 9.70. The molecule has 0 saturated heterocycles. The summed E-state index contributed by atoms with van der Waals surface area (Å²) in [5.74, 6) is 0. The van der Waals surface area contributed by atoms with Crippen LogP contribution in [0.4, 0.5) is 34.1 Å². The molecule has 1 unspecified atom stereocenters. The Kier molecular flexibility index (Phi) is 11.3. The average Bonchev–Trinajstić information content (AvgIpc) is 2.26. The van der Waals surface area contributed by atoms with E-state index in [0.29, 0.717) is 0 Å². The first kappa shape index (κ1) is 47.7. The van der Waals surface area contributed by atoms with Crippen LogP contribution in [0, 0.1) is 0 Å². The number of thiophene rings is 1. The van der Waals surface area contributed by atoms with Gasteiger partial charge in [0.05, 0.1) is 5.41 Å². The third-order valence-corrected chi connectivity index (χ3v) is 18.2. The van der Waals surface area contributed by atoms with Crippen molar-refractivity contribution in [2.75, 3.05) is 9.80 Å². The number of hydrogen-bond donors (Lipinski definition) is 0. The predicted molar refractivity (Wildman–Crippen MR) is 347 cm³/mol. The van der Waals surface area contributed by atoms with E-state index in [9.17, 15) is 0 Å². The lowest BCUT2D eigenvalue weighted by Gasteiger charge is -2.31. The summed E-state index contributed by atoms with van der Waals surface area (Å²) in [5.41, 5.74) is 25.9. The molecule has 0 saturated carbocycles. The summed E-state index contributed by atoms with van der Waals surface area (Å²) in [6.07, 6.45) is 0. The number of hydrogen-bond acceptors (Lipinski definition) is 3. The minimum absolute atomic E-state index is 0.639. The van der Waals surface area contributed by atoms with Crippen LogP contribution in [0.15, 0.2) is 315 Å². The smallest absolute Gasteiger partial charge is 0.0726 e. The van der Waals surface area contributed by atoms with Gasteiger partial charge in [-0.25, -0.2) is 0 Å². The number of rotatable bonds is 10. The summed E-state index contributed by atoms with van der Waals surface area (Å²) >= 11 is 1.88. The number of nitrogens with zero attached hydrogens (tertiary/aromatic N) is 2. The SMILES string of the molecule is c1ccc(-c2ccc3c(c2)-c2c(-c4cccc(N(c5ccccc5)c5ccccc5)c4)cccc2C32c3ccc(-c4ccc5c(c4)sc4ccccc45)cc3-c3c(-c4ccc(N(c5ccccc5)c5ccccc5)cc4)cccc32)cc1. The van der Waals surface area contributed by atoms with Crippen molar-refractivity contribution < 1.29 is 0 Å². The Morgan fingerprint density at radius 1 is 0.220 bits per heavy atom. The second-order valence-electron chi connectivity index (χ2n) is 21.5. The highest BCUT2D eigenvalue weighted by Gasteiger charge is 2.53. The zero-order valence-electron chi connectivity index (χ0n) is 44.8. The van der Waals surface area contributed by atoms with Gasteiger partial charge in [0.1, 0.15) is 0 Å². The van der Waals surface area contributed by atoms with Crippen LogP contribution in [0.1, 0.15) is 22.3 Å². The lowest BCUT2D eigenvalue weighted by molar-refractivity contribution is 0.794. The third-order valence-electron chi connectivity index (χ3n) is 17.1. The monoisotopic (exact) mass is 1060 g/mol. The van der Waals surface area contributed by atoms with Gasteiger partial charge >= 0.3 is 0 Å². The van der Waals surface area contributed by atoms with Crippen LogP contribution < -0.4 is 9.80 Å². The Bertz CT molecular complexity index is 4650. The van der Waals surface area contributed by atoms with Crippen molar-refractivity contribution in [3.8, 4) is 66.8 Å². The Morgan fingerprint density at radius 3 is 1.20 bits per heavy atom. The van der Waals surface area contributed by atoms with Gasteiger partial charge < -0.3 is 9.80 Å². The molecule has 1 aromatic heterocycles. The quantitative estimate of drug-likeness (QED) is 0.135. The zero-order valence-corrected chi connectivity index (χ0v) is 45.6. The first-order valence-corrected chi connectivity index (χ1v) is 29.0. The van der Waals surface area contributed by atoms with E-state index in [1.807, 2.05) is 11.3 Å². The van der Waals surface area contributed by atoms with Crippen molar-refractivity contribution in [3.63, 3.8) is 0 Å². The van der Waals surface area contributed by atoms with Crippen LogP contribution in [-0.4, -0.2) is 0 Å². The zero-order chi connectivity index (χ0) is 54.1. The van der Waals surface area contributed by atoms with E-state index in [1.54, 1.807) is 0 Å². The lowest BCUT2D eigenvalue weighted by Crippen LogP contribution is -2.25. The second kappa shape index (κ2) is 19.5. The molecule has 13 aromatic carbocycles. The molecule has 1 atom stereocenters. The van der Waals surface area contributed by atoms with Crippen molar-refractivity contribution >= 4 is 65.6 Å². The van der Waals surface area contributed by atoms with Crippen LogP contribution in [0.5, 0.6) is 0 Å². The Hall–Kier alpha value is -10.3. The normalized spacial score (nSPS) is 13.7. The summed E-state index contributed by atoms with van der Waals surface area (Å²) in [5, 5.41) is 2.62. The maximum atomic E-state index is 2.51. The number of benzene rings is 13. The van der Waals surface area contributed by atoms with Crippen LogP contribution in [0.25, 0.3) is 86.9 Å². The van der Waals surface area contributed by atoms with Gasteiger partial charge in [0, 0.05) is 54.3 Å². The van der Waals surface area contributed by atoms with Gasteiger partial charge in [-0.15, -0.1) is 11.3 Å². The van der Waals surface area contributed by atoms with Gasteiger partial charge in [0.2, 0.25) is 0 Å². The van der Waals surface area contributed by atoms with Gasteiger partial charge in [-0.05, 0) is 186 Å². The second-order valence-corrected chi connectivity index (χ2v) is 22.6. The van der Waals surface area contributed by atoms with Crippen molar-refractivity contribution in [1.82, 2.24) is 0 Å². The van der Waals surface area contributed by atoms with Gasteiger partial charge in [0.15, 0.2) is 0 Å². The van der Waals surface area contributed by atoms with Crippen molar-refractivity contribution in [2.45, 2.75) is 5.41 Å². The predicted octanol–water partition coefficient (Wildman–Crippen LogP) is 22.0. The van der Waals surface area contributed by atoms with E-state index < -0.39 is 5.41 Å². The molecule has 2 aliphatic rings. The van der Waals surface area contributed by atoms with Gasteiger partial charge in [-0.2, -0.15) is 0 Å². The minimum atomic E-state index is -0.639. The third kappa shape index (κ3) is 7.62. The van der Waals surface area contributed by atoms with Crippen LogP contribution in [0.2, 0.25) is 0 Å². The topological polar surface area (TPSA) is 6.48 Å². The summed E-state index contributed by atoms with van der Waals surface area (Å²) in [4.78, 5) is 4.71. The van der Waals surface area contributed by atoms with E-state index in [2.05, 4.69) is 325 Å². The van der Waals surface area contributed by atoms with Gasteiger partial charge in [0.25, 0.3) is 0 Å². The molecule has 0 aliphatic heterocycles. The summed E-state index contributed by atoms with van der Waals surface area (Å²) in [6.45, 7) is 0. The fraction of sp³-hybridized carbons (Fsp3) is 0.0127. The fourth-order valence-corrected chi connectivity index (χ4v) is 14.7. The van der Waals surface area contributed by atoms with Crippen LogP contribution in [-0.2, 0) is 5.41 Å². The Morgan fingerprint density at radius 2 is 0.622 bits per heavy atom. The molecule has 3 heteroatoms. The highest BCUT2D eigenvalue weighted by atomic mass is 32.1. The highest BCUT2D eigenvalue weighted by Crippen LogP contribution is 2.66. The fourth-order valence-electron chi connectivity index (χ4n) is 13.5. The maximum absolute atomic E-state index is 2.51. The molecule has 1 spiro atoms. The molecule has 2 aliphatic carbocycles. The molecular weight excluding hydrogens is 1010 g/mol. The van der Waals surface area contributed by atoms with Gasteiger partial charge in [-0.1, -0.05) is 218 Å². The molecule has 0 amide bonds. The van der Waals surface area contributed by atoms with E-state index in [0.717, 1.165) is 34.1 Å². The molecule has 0 radical (unpaired) electrons. The molecule has 82 heavy (non-hydrogen) atoms. The van der Waals surface area contributed by atoms with E-state index in [4.69, 9.17) is 0 Å². The van der Waals surface area contributed by atoms with Crippen LogP contribution >= 0.6 is 11.3 Å². The van der Waals surface area contributed by atoms with Gasteiger partial charge in [-0.3, -0.25) is 0 Å². The summed E-state index contributed by atoms with van der Waals surface area (Å²) in [6, 6.07) is 117. The Labute approximate surface area is 482 Å². The first-order chi connectivity index (χ1) is 40.7. The Balaban J connectivity index is 0.931. The molecule has 0 fully saturated rings. The highest BCUT2D eigenvalue weighted by molar-refractivity contribution is 7.25.